The number of pyridine rings is 1. The summed E-state index contributed by atoms with van der Waals surface area (Å²) in [5, 5.41) is 3.26. The van der Waals surface area contributed by atoms with Crippen molar-refractivity contribution in [3.05, 3.63) is 52.1 Å². The van der Waals surface area contributed by atoms with Crippen LogP contribution < -0.4 is 5.32 Å². The van der Waals surface area contributed by atoms with Crippen molar-refractivity contribution in [1.29, 1.82) is 0 Å². The Balaban J connectivity index is 2.22. The molecule has 0 aliphatic heterocycles. The smallest absolute Gasteiger partial charge is 0.130 e. The van der Waals surface area contributed by atoms with Crippen LogP contribution in [-0.2, 0) is 5.88 Å². The molecule has 1 heterocycles. The Morgan fingerprint density at radius 1 is 1.29 bits per heavy atom. The molecule has 1 aromatic carbocycles. The highest BCUT2D eigenvalue weighted by Gasteiger charge is 2.00. The van der Waals surface area contributed by atoms with Gasteiger partial charge in [-0.1, -0.05) is 12.1 Å². The molecule has 2 nitrogen and oxygen atoms in total. The van der Waals surface area contributed by atoms with Crippen molar-refractivity contribution in [2.24, 2.45) is 0 Å². The number of aryl methyl sites for hydroxylation is 1. The van der Waals surface area contributed by atoms with E-state index in [1.807, 2.05) is 43.3 Å². The monoisotopic (exact) mass is 310 g/mol. The van der Waals surface area contributed by atoms with Crippen LogP contribution >= 0.6 is 27.5 Å². The number of rotatable bonds is 3. The van der Waals surface area contributed by atoms with Crippen LogP contribution in [0.3, 0.4) is 0 Å². The SMILES string of the molecule is Cc1nc(Nc2cccc(CCl)c2)ccc1Br. The number of nitrogens with one attached hydrogen (secondary N) is 1. The molecule has 0 aliphatic rings. The third-order valence-electron chi connectivity index (χ3n) is 2.38. The van der Waals surface area contributed by atoms with Crippen LogP contribution in [0, 0.1) is 6.92 Å². The van der Waals surface area contributed by atoms with E-state index in [2.05, 4.69) is 26.2 Å². The van der Waals surface area contributed by atoms with Gasteiger partial charge < -0.3 is 5.32 Å². The molecule has 1 aromatic heterocycles. The lowest BCUT2D eigenvalue weighted by Crippen LogP contribution is -1.95. The van der Waals surface area contributed by atoms with E-state index in [-0.39, 0.29) is 0 Å². The lowest BCUT2D eigenvalue weighted by Gasteiger charge is -2.08. The number of benzene rings is 1. The minimum atomic E-state index is 0.516. The van der Waals surface area contributed by atoms with Gasteiger partial charge in [0.2, 0.25) is 0 Å². The molecule has 0 fully saturated rings. The maximum Gasteiger partial charge on any atom is 0.130 e. The highest BCUT2D eigenvalue weighted by molar-refractivity contribution is 9.10. The summed E-state index contributed by atoms with van der Waals surface area (Å²) >= 11 is 9.23. The molecular weight excluding hydrogens is 300 g/mol. The van der Waals surface area contributed by atoms with Gasteiger partial charge in [-0.05, 0) is 52.7 Å². The fourth-order valence-electron chi connectivity index (χ4n) is 1.49. The Kier molecular flexibility index (Phi) is 4.02. The largest absolute Gasteiger partial charge is 0.340 e. The van der Waals surface area contributed by atoms with Crippen LogP contribution in [0.15, 0.2) is 40.9 Å². The first-order valence-electron chi connectivity index (χ1n) is 5.24. The summed E-state index contributed by atoms with van der Waals surface area (Å²) in [4.78, 5) is 4.43. The molecule has 0 aliphatic carbocycles. The fourth-order valence-corrected chi connectivity index (χ4v) is 1.88. The quantitative estimate of drug-likeness (QED) is 0.836. The number of hydrogen-bond donors (Lipinski definition) is 1. The van der Waals surface area contributed by atoms with E-state index in [9.17, 15) is 0 Å². The summed E-state index contributed by atoms with van der Waals surface area (Å²) in [6, 6.07) is 11.9. The zero-order valence-electron chi connectivity index (χ0n) is 9.37. The number of anilines is 2. The molecule has 0 bridgehead atoms. The second kappa shape index (κ2) is 5.52. The van der Waals surface area contributed by atoms with E-state index >= 15 is 0 Å². The van der Waals surface area contributed by atoms with Crippen LogP contribution in [0.25, 0.3) is 0 Å². The summed E-state index contributed by atoms with van der Waals surface area (Å²) in [6.45, 7) is 1.96. The Hall–Kier alpha value is -1.06. The zero-order valence-corrected chi connectivity index (χ0v) is 11.7. The van der Waals surface area contributed by atoms with E-state index in [1.165, 1.54) is 0 Å². The van der Waals surface area contributed by atoms with Gasteiger partial charge in [0.1, 0.15) is 5.82 Å². The lowest BCUT2D eigenvalue weighted by molar-refractivity contribution is 1.18. The topological polar surface area (TPSA) is 24.9 Å². The molecule has 88 valence electrons. The molecule has 2 rings (SSSR count). The first-order valence-corrected chi connectivity index (χ1v) is 6.57. The molecule has 0 saturated carbocycles. The van der Waals surface area contributed by atoms with Gasteiger partial charge in [-0.3, -0.25) is 0 Å². The molecule has 0 spiro atoms. The number of nitrogens with zero attached hydrogens (tertiary/aromatic N) is 1. The van der Waals surface area contributed by atoms with Crippen molar-refractivity contribution < 1.29 is 0 Å². The van der Waals surface area contributed by atoms with Crippen LogP contribution in [0.2, 0.25) is 0 Å². The van der Waals surface area contributed by atoms with Crippen molar-refractivity contribution in [3.63, 3.8) is 0 Å². The van der Waals surface area contributed by atoms with Crippen molar-refractivity contribution >= 4 is 39.0 Å². The summed E-state index contributed by atoms with van der Waals surface area (Å²) in [6.07, 6.45) is 0. The van der Waals surface area contributed by atoms with Gasteiger partial charge in [0.05, 0.1) is 5.69 Å². The minimum absolute atomic E-state index is 0.516. The number of aromatic nitrogens is 1. The molecule has 0 radical (unpaired) electrons. The Bertz CT molecular complexity index is 529. The highest BCUT2D eigenvalue weighted by Crippen LogP contribution is 2.20. The average Bonchev–Trinajstić information content (AvgIpc) is 2.34. The van der Waals surface area contributed by atoms with Crippen LogP contribution in [-0.4, -0.2) is 4.98 Å². The van der Waals surface area contributed by atoms with Gasteiger partial charge in [0.15, 0.2) is 0 Å². The van der Waals surface area contributed by atoms with Gasteiger partial charge in [0, 0.05) is 16.0 Å². The van der Waals surface area contributed by atoms with Gasteiger partial charge in [-0.25, -0.2) is 4.98 Å². The zero-order chi connectivity index (χ0) is 12.3. The number of halogens is 2. The molecular formula is C13H12BrClN2. The average molecular weight is 312 g/mol. The normalized spacial score (nSPS) is 10.3. The van der Waals surface area contributed by atoms with Crippen molar-refractivity contribution in [2.45, 2.75) is 12.8 Å². The fraction of sp³-hybridized carbons (Fsp3) is 0.154. The van der Waals surface area contributed by atoms with Crippen molar-refractivity contribution in [2.75, 3.05) is 5.32 Å². The Morgan fingerprint density at radius 3 is 2.82 bits per heavy atom. The summed E-state index contributed by atoms with van der Waals surface area (Å²) < 4.78 is 1.01. The lowest BCUT2D eigenvalue weighted by atomic mass is 10.2. The molecule has 0 saturated heterocycles. The second-order valence-electron chi connectivity index (χ2n) is 3.72. The maximum atomic E-state index is 5.80. The van der Waals surface area contributed by atoms with Crippen molar-refractivity contribution in [3.8, 4) is 0 Å². The third kappa shape index (κ3) is 3.20. The molecule has 0 unspecified atom stereocenters. The van der Waals surface area contributed by atoms with Gasteiger partial charge >= 0.3 is 0 Å². The summed E-state index contributed by atoms with van der Waals surface area (Å²) in [5.41, 5.74) is 3.05. The van der Waals surface area contributed by atoms with E-state index < -0.39 is 0 Å². The Labute approximate surface area is 114 Å². The molecule has 17 heavy (non-hydrogen) atoms. The Morgan fingerprint density at radius 2 is 2.12 bits per heavy atom. The predicted molar refractivity (Wildman–Crippen MR) is 76.0 cm³/mol. The molecule has 0 atom stereocenters. The van der Waals surface area contributed by atoms with Crippen LogP contribution in [0.1, 0.15) is 11.3 Å². The minimum Gasteiger partial charge on any atom is -0.340 e. The second-order valence-corrected chi connectivity index (χ2v) is 4.84. The van der Waals surface area contributed by atoms with Crippen LogP contribution in [0.4, 0.5) is 11.5 Å². The number of alkyl halides is 1. The van der Waals surface area contributed by atoms with Gasteiger partial charge in [0.25, 0.3) is 0 Å². The van der Waals surface area contributed by atoms with E-state index in [4.69, 9.17) is 11.6 Å². The van der Waals surface area contributed by atoms with E-state index in [0.717, 1.165) is 27.2 Å². The van der Waals surface area contributed by atoms with E-state index in [1.54, 1.807) is 0 Å². The van der Waals surface area contributed by atoms with Crippen LogP contribution in [0.5, 0.6) is 0 Å². The summed E-state index contributed by atoms with van der Waals surface area (Å²) in [7, 11) is 0. The summed E-state index contributed by atoms with van der Waals surface area (Å²) in [5.74, 6) is 1.35. The maximum absolute atomic E-state index is 5.80. The molecule has 2 aromatic rings. The standard InChI is InChI=1S/C13H12BrClN2/c1-9-12(14)5-6-13(16-9)17-11-4-2-3-10(7-11)8-15/h2-7H,8H2,1H3,(H,16,17). The highest BCUT2D eigenvalue weighted by atomic mass is 79.9. The molecule has 0 amide bonds. The first kappa shape index (κ1) is 12.4. The van der Waals surface area contributed by atoms with E-state index in [0.29, 0.717) is 5.88 Å². The molecule has 4 heteroatoms. The van der Waals surface area contributed by atoms with Gasteiger partial charge in [-0.15, -0.1) is 11.6 Å². The third-order valence-corrected chi connectivity index (χ3v) is 3.52. The predicted octanol–water partition coefficient (Wildman–Crippen LogP) is 4.63. The first-order chi connectivity index (χ1) is 8.19. The van der Waals surface area contributed by atoms with Crippen molar-refractivity contribution in [1.82, 2.24) is 4.98 Å². The number of hydrogen-bond acceptors (Lipinski definition) is 2. The van der Waals surface area contributed by atoms with Gasteiger partial charge in [-0.2, -0.15) is 0 Å². The molecule has 1 N–H and O–H groups in total.